The number of hydrogen-bond acceptors (Lipinski definition) is 4. The second kappa shape index (κ2) is 5.48. The molecule has 1 aliphatic rings. The van der Waals surface area contributed by atoms with Crippen LogP contribution in [0.5, 0.6) is 0 Å². The maximum Gasteiger partial charge on any atom is 0.232 e. The van der Waals surface area contributed by atoms with Crippen molar-refractivity contribution in [2.24, 2.45) is 5.41 Å². The number of nitrogens with zero attached hydrogens (tertiary/aromatic N) is 1. The van der Waals surface area contributed by atoms with Gasteiger partial charge in [-0.2, -0.15) is 0 Å². The Morgan fingerprint density at radius 2 is 1.95 bits per heavy atom. The van der Waals surface area contributed by atoms with Crippen molar-refractivity contribution >= 4 is 28.1 Å². The van der Waals surface area contributed by atoms with Crippen molar-refractivity contribution in [3.8, 4) is 11.3 Å². The van der Waals surface area contributed by atoms with E-state index in [4.69, 9.17) is 5.73 Å². The van der Waals surface area contributed by atoms with Crippen molar-refractivity contribution in [3.63, 3.8) is 0 Å². The number of rotatable bonds is 3. The zero-order valence-corrected chi connectivity index (χ0v) is 12.9. The molecule has 1 aliphatic carbocycles. The van der Waals surface area contributed by atoms with E-state index in [9.17, 15) is 4.79 Å². The summed E-state index contributed by atoms with van der Waals surface area (Å²) in [6, 6.07) is 7.58. The molecule has 2 aromatic rings. The third-order valence-electron chi connectivity index (χ3n) is 4.19. The van der Waals surface area contributed by atoms with Crippen LogP contribution in [-0.2, 0) is 4.79 Å². The van der Waals surface area contributed by atoms with Gasteiger partial charge in [0.15, 0.2) is 5.13 Å². The Bertz CT molecular complexity index is 642. The Balaban J connectivity index is 1.73. The van der Waals surface area contributed by atoms with Gasteiger partial charge in [-0.25, -0.2) is 4.98 Å². The summed E-state index contributed by atoms with van der Waals surface area (Å²) < 4.78 is 0. The Kier molecular flexibility index (Phi) is 3.68. The average molecular weight is 301 g/mol. The van der Waals surface area contributed by atoms with Gasteiger partial charge in [-0.15, -0.1) is 11.3 Å². The maximum atomic E-state index is 12.4. The highest BCUT2D eigenvalue weighted by atomic mass is 32.1. The fraction of sp³-hybridized carbons (Fsp3) is 0.375. The minimum absolute atomic E-state index is 0.0956. The molecule has 0 atom stereocenters. The summed E-state index contributed by atoms with van der Waals surface area (Å²) in [5.41, 5.74) is 8.06. The van der Waals surface area contributed by atoms with Gasteiger partial charge in [-0.05, 0) is 25.0 Å². The predicted molar refractivity (Wildman–Crippen MR) is 87.2 cm³/mol. The number of aromatic nitrogens is 1. The fourth-order valence-electron chi connectivity index (χ4n) is 2.75. The molecule has 1 saturated carbocycles. The standard InChI is InChI=1S/C16H19N3OS/c1-16(8-2-3-9-16)14(20)19-15-18-13(10-21-15)11-4-6-12(17)7-5-11/h4-7,10H,2-3,8-9,17H2,1H3,(H,18,19,20). The molecule has 3 rings (SSSR count). The number of benzene rings is 1. The molecule has 4 nitrogen and oxygen atoms in total. The van der Waals surface area contributed by atoms with Crippen LogP contribution in [0.2, 0.25) is 0 Å². The predicted octanol–water partition coefficient (Wildman–Crippen LogP) is 3.91. The summed E-state index contributed by atoms with van der Waals surface area (Å²) in [7, 11) is 0. The van der Waals surface area contributed by atoms with Crippen LogP contribution in [0.3, 0.4) is 0 Å². The Labute approximate surface area is 128 Å². The topological polar surface area (TPSA) is 68.0 Å². The SMILES string of the molecule is CC1(C(=O)Nc2nc(-c3ccc(N)cc3)cs2)CCCC1. The molecule has 1 aromatic heterocycles. The molecule has 1 fully saturated rings. The van der Waals surface area contributed by atoms with Gasteiger partial charge in [-0.1, -0.05) is 31.9 Å². The van der Waals surface area contributed by atoms with Gasteiger partial charge in [0.25, 0.3) is 0 Å². The molecule has 3 N–H and O–H groups in total. The number of nitrogens with one attached hydrogen (secondary N) is 1. The lowest BCUT2D eigenvalue weighted by atomic mass is 9.88. The second-order valence-electron chi connectivity index (χ2n) is 5.88. The van der Waals surface area contributed by atoms with Crippen LogP contribution in [0, 0.1) is 5.41 Å². The van der Waals surface area contributed by atoms with Crippen molar-refractivity contribution in [1.82, 2.24) is 4.98 Å². The number of nitrogen functional groups attached to an aromatic ring is 1. The molecule has 0 bridgehead atoms. The maximum absolute atomic E-state index is 12.4. The minimum Gasteiger partial charge on any atom is -0.399 e. The molecular weight excluding hydrogens is 282 g/mol. The van der Waals surface area contributed by atoms with E-state index in [0.29, 0.717) is 5.13 Å². The van der Waals surface area contributed by atoms with E-state index in [1.54, 1.807) is 0 Å². The van der Waals surface area contributed by atoms with Crippen molar-refractivity contribution in [3.05, 3.63) is 29.6 Å². The zero-order chi connectivity index (χ0) is 14.9. The number of carbonyl (C=O) groups excluding carboxylic acids is 1. The first-order chi connectivity index (χ1) is 10.1. The van der Waals surface area contributed by atoms with Crippen LogP contribution in [0.15, 0.2) is 29.6 Å². The molecular formula is C16H19N3OS. The Morgan fingerprint density at radius 3 is 2.62 bits per heavy atom. The van der Waals surface area contributed by atoms with E-state index in [1.165, 1.54) is 11.3 Å². The summed E-state index contributed by atoms with van der Waals surface area (Å²) in [4.78, 5) is 16.9. The highest BCUT2D eigenvalue weighted by Gasteiger charge is 2.36. The minimum atomic E-state index is -0.229. The van der Waals surface area contributed by atoms with Crippen molar-refractivity contribution in [2.45, 2.75) is 32.6 Å². The third-order valence-corrected chi connectivity index (χ3v) is 4.94. The smallest absolute Gasteiger partial charge is 0.232 e. The van der Waals surface area contributed by atoms with Gasteiger partial charge in [-0.3, -0.25) is 4.79 Å². The van der Waals surface area contributed by atoms with Crippen LogP contribution in [0.25, 0.3) is 11.3 Å². The average Bonchev–Trinajstić information content (AvgIpc) is 3.10. The lowest BCUT2D eigenvalue weighted by molar-refractivity contribution is -0.124. The van der Waals surface area contributed by atoms with E-state index < -0.39 is 0 Å². The largest absolute Gasteiger partial charge is 0.399 e. The highest BCUT2D eigenvalue weighted by Crippen LogP contribution is 2.38. The lowest BCUT2D eigenvalue weighted by Crippen LogP contribution is -2.30. The molecule has 21 heavy (non-hydrogen) atoms. The van der Waals surface area contributed by atoms with Gasteiger partial charge in [0.1, 0.15) is 0 Å². The Morgan fingerprint density at radius 1 is 1.29 bits per heavy atom. The van der Waals surface area contributed by atoms with Gasteiger partial charge in [0, 0.05) is 22.0 Å². The molecule has 0 saturated heterocycles. The van der Waals surface area contributed by atoms with Crippen molar-refractivity contribution in [2.75, 3.05) is 11.1 Å². The van der Waals surface area contributed by atoms with Crippen LogP contribution < -0.4 is 11.1 Å². The molecule has 0 spiro atoms. The molecule has 1 aromatic carbocycles. The van der Waals surface area contributed by atoms with E-state index in [-0.39, 0.29) is 11.3 Å². The molecule has 1 amide bonds. The summed E-state index contributed by atoms with van der Waals surface area (Å²) in [6.45, 7) is 2.05. The number of carbonyl (C=O) groups is 1. The zero-order valence-electron chi connectivity index (χ0n) is 12.1. The molecule has 110 valence electrons. The molecule has 0 radical (unpaired) electrons. The normalized spacial score (nSPS) is 16.8. The molecule has 0 aliphatic heterocycles. The van der Waals surface area contributed by atoms with E-state index in [1.807, 2.05) is 36.6 Å². The first kappa shape index (κ1) is 14.1. The van der Waals surface area contributed by atoms with E-state index in [0.717, 1.165) is 42.6 Å². The van der Waals surface area contributed by atoms with Crippen LogP contribution in [0.1, 0.15) is 32.6 Å². The first-order valence-corrected chi connectivity index (χ1v) is 8.08. The third kappa shape index (κ3) is 2.93. The lowest BCUT2D eigenvalue weighted by Gasteiger charge is -2.21. The van der Waals surface area contributed by atoms with Gasteiger partial charge in [0.2, 0.25) is 5.91 Å². The quantitative estimate of drug-likeness (QED) is 0.845. The van der Waals surface area contributed by atoms with Gasteiger partial charge >= 0.3 is 0 Å². The van der Waals surface area contributed by atoms with Crippen molar-refractivity contribution < 1.29 is 4.79 Å². The number of nitrogens with two attached hydrogens (primary N) is 1. The summed E-state index contributed by atoms with van der Waals surface area (Å²) in [5, 5.41) is 5.59. The second-order valence-corrected chi connectivity index (χ2v) is 6.74. The number of hydrogen-bond donors (Lipinski definition) is 2. The highest BCUT2D eigenvalue weighted by molar-refractivity contribution is 7.14. The summed E-state index contributed by atoms with van der Waals surface area (Å²) in [5.74, 6) is 0.0956. The number of thiazole rings is 1. The Hall–Kier alpha value is -1.88. The fourth-order valence-corrected chi connectivity index (χ4v) is 3.46. The van der Waals surface area contributed by atoms with Gasteiger partial charge < -0.3 is 11.1 Å². The van der Waals surface area contributed by atoms with Crippen molar-refractivity contribution in [1.29, 1.82) is 0 Å². The number of amides is 1. The molecule has 5 heteroatoms. The monoisotopic (exact) mass is 301 g/mol. The van der Waals surface area contributed by atoms with E-state index in [2.05, 4.69) is 10.3 Å². The molecule has 0 unspecified atom stereocenters. The van der Waals surface area contributed by atoms with Crippen LogP contribution in [-0.4, -0.2) is 10.9 Å². The van der Waals surface area contributed by atoms with E-state index >= 15 is 0 Å². The number of anilines is 2. The first-order valence-electron chi connectivity index (χ1n) is 7.20. The molecule has 1 heterocycles. The van der Waals surface area contributed by atoms with Crippen LogP contribution in [0.4, 0.5) is 10.8 Å². The summed E-state index contributed by atoms with van der Waals surface area (Å²) >= 11 is 1.46. The van der Waals surface area contributed by atoms with Crippen LogP contribution >= 0.6 is 11.3 Å². The summed E-state index contributed by atoms with van der Waals surface area (Å²) in [6.07, 6.45) is 4.21. The van der Waals surface area contributed by atoms with Gasteiger partial charge in [0.05, 0.1) is 5.69 Å².